The molecule has 286 valence electrons. The standard InChI is InChI=1S/C39H53N7O5S2/c1-28(2)37-43-33(26-52-37)23-41-38(48)45-35(15-16-46-17-19-50-20-18-46)36(47)42-31(21-29-9-5-3-6-10-29)13-14-32(22-30-11-7-4-8-12-30)44-39(49)51-25-34-24-40-27-53-34/h3-12,26-28,31-32,34-35H,13-25H2,1-2H3,(H,42,47)(H,44,49)(H2,41,45,48). The predicted molar refractivity (Wildman–Crippen MR) is 212 cm³/mol. The highest BCUT2D eigenvalue weighted by molar-refractivity contribution is 8.12. The molecule has 5 rings (SSSR count). The Hall–Kier alpha value is -3.98. The molecule has 0 radical (unpaired) electrons. The van der Waals surface area contributed by atoms with Gasteiger partial charge in [0.25, 0.3) is 0 Å². The van der Waals surface area contributed by atoms with Crippen LogP contribution in [0.3, 0.4) is 0 Å². The van der Waals surface area contributed by atoms with E-state index in [1.807, 2.05) is 66.0 Å². The topological polar surface area (TPSA) is 146 Å². The van der Waals surface area contributed by atoms with Crippen molar-refractivity contribution in [1.29, 1.82) is 0 Å². The number of alkyl carbamates (subject to hydrolysis) is 1. The minimum absolute atomic E-state index is 0.135. The van der Waals surface area contributed by atoms with Gasteiger partial charge >= 0.3 is 12.1 Å². The molecule has 1 aromatic heterocycles. The summed E-state index contributed by atoms with van der Waals surface area (Å²) in [6.07, 6.45) is 2.39. The number of nitrogens with zero attached hydrogens (tertiary/aromatic N) is 3. The van der Waals surface area contributed by atoms with Gasteiger partial charge in [-0.15, -0.1) is 23.1 Å². The van der Waals surface area contributed by atoms with Crippen LogP contribution in [0.5, 0.6) is 0 Å². The molecule has 0 spiro atoms. The number of aliphatic imine (C=N–C) groups is 1. The summed E-state index contributed by atoms with van der Waals surface area (Å²) in [6.45, 7) is 8.89. The molecule has 14 heteroatoms. The average Bonchev–Trinajstić information content (AvgIpc) is 3.88. The van der Waals surface area contributed by atoms with Crippen molar-refractivity contribution in [3.63, 3.8) is 0 Å². The number of urea groups is 1. The molecule has 4 N–H and O–H groups in total. The number of carbonyl (C=O) groups excluding carboxylic acids is 3. The fourth-order valence-electron chi connectivity index (χ4n) is 6.21. The fraction of sp³-hybridized carbons (Fsp3) is 0.513. The Balaban J connectivity index is 1.25. The van der Waals surface area contributed by atoms with E-state index in [0.717, 1.165) is 34.9 Å². The van der Waals surface area contributed by atoms with Crippen molar-refractivity contribution in [2.45, 2.75) is 81.8 Å². The maximum atomic E-state index is 14.1. The Morgan fingerprint density at radius 2 is 1.57 bits per heavy atom. The van der Waals surface area contributed by atoms with Gasteiger partial charge in [0, 0.05) is 43.0 Å². The Labute approximate surface area is 321 Å². The second-order valence-corrected chi connectivity index (χ2v) is 15.8. The minimum atomic E-state index is -0.761. The molecule has 1 fully saturated rings. The molecule has 4 unspecified atom stereocenters. The summed E-state index contributed by atoms with van der Waals surface area (Å²) in [7, 11) is 0. The van der Waals surface area contributed by atoms with Crippen LogP contribution in [0.1, 0.15) is 60.9 Å². The Kier molecular flexibility index (Phi) is 16.4. The molecular weight excluding hydrogens is 711 g/mol. The average molecular weight is 764 g/mol. The van der Waals surface area contributed by atoms with Crippen LogP contribution in [0.2, 0.25) is 0 Å². The summed E-state index contributed by atoms with van der Waals surface area (Å²) >= 11 is 3.15. The first kappa shape index (κ1) is 40.2. The lowest BCUT2D eigenvalue weighted by atomic mass is 9.95. The Morgan fingerprint density at radius 1 is 0.906 bits per heavy atom. The number of nitrogens with one attached hydrogen (secondary N) is 4. The molecule has 3 aromatic rings. The van der Waals surface area contributed by atoms with Crippen LogP contribution in [0, 0.1) is 0 Å². The number of aromatic nitrogens is 1. The summed E-state index contributed by atoms with van der Waals surface area (Å²) < 4.78 is 11.1. The van der Waals surface area contributed by atoms with Crippen LogP contribution in [-0.2, 0) is 33.7 Å². The van der Waals surface area contributed by atoms with Crippen molar-refractivity contribution >= 4 is 46.7 Å². The van der Waals surface area contributed by atoms with E-state index in [4.69, 9.17) is 9.47 Å². The lowest BCUT2D eigenvalue weighted by Gasteiger charge is -2.29. The van der Waals surface area contributed by atoms with Gasteiger partial charge in [-0.3, -0.25) is 14.7 Å². The van der Waals surface area contributed by atoms with Gasteiger partial charge in [-0.2, -0.15) is 0 Å². The molecule has 53 heavy (non-hydrogen) atoms. The second-order valence-electron chi connectivity index (χ2n) is 13.8. The third-order valence-corrected chi connectivity index (χ3v) is 11.3. The zero-order valence-corrected chi connectivity index (χ0v) is 32.3. The third kappa shape index (κ3) is 14.4. The molecule has 2 aromatic carbocycles. The maximum Gasteiger partial charge on any atom is 0.407 e. The van der Waals surface area contributed by atoms with Crippen LogP contribution >= 0.6 is 23.1 Å². The minimum Gasteiger partial charge on any atom is -0.448 e. The smallest absolute Gasteiger partial charge is 0.407 e. The molecule has 12 nitrogen and oxygen atoms in total. The van der Waals surface area contributed by atoms with E-state index in [1.165, 1.54) is 0 Å². The number of carbonyl (C=O) groups is 3. The number of morpholine rings is 1. The fourth-order valence-corrected chi connectivity index (χ4v) is 7.71. The van der Waals surface area contributed by atoms with Crippen molar-refractivity contribution in [3.8, 4) is 0 Å². The molecule has 4 atom stereocenters. The highest BCUT2D eigenvalue weighted by Crippen LogP contribution is 2.19. The molecule has 2 aliphatic heterocycles. The van der Waals surface area contributed by atoms with E-state index in [0.29, 0.717) is 64.3 Å². The second kappa shape index (κ2) is 21.7. The van der Waals surface area contributed by atoms with Crippen molar-refractivity contribution in [2.75, 3.05) is 46.0 Å². The molecule has 1 saturated heterocycles. The van der Waals surface area contributed by atoms with Crippen LogP contribution in [0.4, 0.5) is 9.59 Å². The van der Waals surface area contributed by atoms with Gasteiger partial charge in [-0.25, -0.2) is 14.6 Å². The van der Waals surface area contributed by atoms with Crippen molar-refractivity contribution in [1.82, 2.24) is 31.2 Å². The van der Waals surface area contributed by atoms with Gasteiger partial charge in [-0.1, -0.05) is 74.5 Å². The zero-order chi connectivity index (χ0) is 37.3. The molecular formula is C39H53N7O5S2. The third-order valence-electron chi connectivity index (χ3n) is 9.17. The van der Waals surface area contributed by atoms with E-state index in [-0.39, 0.29) is 36.4 Å². The highest BCUT2D eigenvalue weighted by atomic mass is 32.2. The van der Waals surface area contributed by atoms with E-state index in [1.54, 1.807) is 28.6 Å². The molecule has 0 saturated carbocycles. The Morgan fingerprint density at radius 3 is 2.17 bits per heavy atom. The largest absolute Gasteiger partial charge is 0.448 e. The van der Waals surface area contributed by atoms with E-state index < -0.39 is 18.2 Å². The molecule has 4 amide bonds. The van der Waals surface area contributed by atoms with Gasteiger partial charge in [0.05, 0.1) is 47.8 Å². The normalized spacial score (nSPS) is 17.5. The van der Waals surface area contributed by atoms with E-state index >= 15 is 0 Å². The first-order chi connectivity index (χ1) is 25.8. The van der Waals surface area contributed by atoms with Gasteiger partial charge in [-0.05, 0) is 43.2 Å². The molecule has 0 aliphatic carbocycles. The monoisotopic (exact) mass is 763 g/mol. The van der Waals surface area contributed by atoms with Crippen LogP contribution in [0.15, 0.2) is 71.0 Å². The van der Waals surface area contributed by atoms with Crippen molar-refractivity contribution < 1.29 is 23.9 Å². The molecule has 0 bridgehead atoms. The number of ether oxygens (including phenoxy) is 2. The SMILES string of the molecule is CC(C)c1nc(CNC(=O)NC(CCN2CCOCC2)C(=O)NC(CCC(Cc2ccccc2)NC(=O)OCC2CN=CS2)Cc2ccccc2)cs1. The number of thioether (sulfide) groups is 1. The number of hydrogen-bond acceptors (Lipinski definition) is 10. The number of amides is 4. The van der Waals surface area contributed by atoms with Gasteiger partial charge in [0.15, 0.2) is 0 Å². The lowest BCUT2D eigenvalue weighted by molar-refractivity contribution is -0.124. The quantitative estimate of drug-likeness (QED) is 0.131. The molecule has 2 aliphatic rings. The van der Waals surface area contributed by atoms with Crippen LogP contribution < -0.4 is 21.3 Å². The summed E-state index contributed by atoms with van der Waals surface area (Å²) in [5.74, 6) is 0.0718. The van der Waals surface area contributed by atoms with Crippen LogP contribution in [-0.4, -0.2) is 103 Å². The lowest BCUT2D eigenvalue weighted by Crippen LogP contribution is -2.53. The predicted octanol–water partition coefficient (Wildman–Crippen LogP) is 5.15. The molecule has 3 heterocycles. The van der Waals surface area contributed by atoms with Gasteiger partial charge in [0.2, 0.25) is 5.91 Å². The summed E-state index contributed by atoms with van der Waals surface area (Å²) in [4.78, 5) is 51.4. The number of benzene rings is 2. The maximum absolute atomic E-state index is 14.1. The van der Waals surface area contributed by atoms with E-state index in [2.05, 4.69) is 50.0 Å². The highest BCUT2D eigenvalue weighted by Gasteiger charge is 2.26. The van der Waals surface area contributed by atoms with Crippen LogP contribution in [0.25, 0.3) is 0 Å². The zero-order valence-electron chi connectivity index (χ0n) is 30.7. The summed E-state index contributed by atoms with van der Waals surface area (Å²) in [5.41, 5.74) is 4.77. The Bertz CT molecular complexity index is 1580. The summed E-state index contributed by atoms with van der Waals surface area (Å²) in [5, 5.41) is 15.3. The van der Waals surface area contributed by atoms with Gasteiger partial charge < -0.3 is 30.7 Å². The number of rotatable bonds is 19. The van der Waals surface area contributed by atoms with Crippen molar-refractivity contribution in [2.24, 2.45) is 4.99 Å². The first-order valence-electron chi connectivity index (χ1n) is 18.5. The first-order valence-corrected chi connectivity index (χ1v) is 20.4. The van der Waals surface area contributed by atoms with Gasteiger partial charge in [0.1, 0.15) is 12.6 Å². The number of hydrogen-bond donors (Lipinski definition) is 4. The summed E-state index contributed by atoms with van der Waals surface area (Å²) in [6, 6.07) is 18.4. The van der Waals surface area contributed by atoms with E-state index in [9.17, 15) is 14.4 Å². The number of thiazole rings is 1. The van der Waals surface area contributed by atoms with Crippen molar-refractivity contribution in [3.05, 3.63) is 87.9 Å².